The van der Waals surface area contributed by atoms with Crippen LogP contribution in [0.25, 0.3) is 11.4 Å². The van der Waals surface area contributed by atoms with E-state index in [0.29, 0.717) is 18.2 Å². The molecule has 174 valence electrons. The van der Waals surface area contributed by atoms with Crippen molar-refractivity contribution in [1.82, 2.24) is 25.1 Å². The predicted molar refractivity (Wildman–Crippen MR) is 127 cm³/mol. The largest absolute Gasteiger partial charge is 0.357 e. The number of likely N-dealkylation sites (N-methyl/N-ethyl adjacent to an activating group) is 1. The molecule has 1 aromatic carbocycles. The minimum atomic E-state index is -0.657. The van der Waals surface area contributed by atoms with E-state index in [4.69, 9.17) is 4.98 Å². The molecule has 1 atom stereocenters. The molecule has 7 nitrogen and oxygen atoms in total. The molecule has 1 aliphatic heterocycles. The fourth-order valence-electron chi connectivity index (χ4n) is 4.31. The molecular weight excluding hydrogens is 402 g/mol. The van der Waals surface area contributed by atoms with Gasteiger partial charge in [0, 0.05) is 38.8 Å². The first-order chi connectivity index (χ1) is 15.1. The van der Waals surface area contributed by atoms with Crippen molar-refractivity contribution >= 4 is 11.8 Å². The molecule has 0 spiro atoms. The van der Waals surface area contributed by atoms with Crippen molar-refractivity contribution in [3.8, 4) is 11.4 Å². The molecule has 1 aromatic heterocycles. The zero-order valence-corrected chi connectivity index (χ0v) is 20.2. The van der Waals surface area contributed by atoms with Gasteiger partial charge in [0.25, 0.3) is 5.91 Å². The lowest BCUT2D eigenvalue weighted by atomic mass is 9.86. The minimum absolute atomic E-state index is 0.208. The predicted octanol–water partition coefficient (Wildman–Crippen LogP) is 3.30. The average Bonchev–Trinajstić information content (AvgIpc) is 2.96. The number of amides is 2. The molecule has 2 aromatic rings. The monoisotopic (exact) mass is 439 g/mol. The Balaban J connectivity index is 2.04. The Morgan fingerprint density at radius 2 is 1.81 bits per heavy atom. The first kappa shape index (κ1) is 24.0. The van der Waals surface area contributed by atoms with Gasteiger partial charge in [-0.25, -0.2) is 4.98 Å². The highest BCUT2D eigenvalue weighted by molar-refractivity contribution is 5.97. The second-order valence-electron chi connectivity index (χ2n) is 10.1. The number of benzene rings is 1. The van der Waals surface area contributed by atoms with Gasteiger partial charge in [-0.15, -0.1) is 0 Å². The molecular formula is C25H37N5O2. The maximum absolute atomic E-state index is 13.5. The molecule has 0 saturated carbocycles. The highest BCUT2D eigenvalue weighted by Crippen LogP contribution is 2.27. The van der Waals surface area contributed by atoms with Crippen LogP contribution in [-0.4, -0.2) is 52.4 Å². The molecule has 0 unspecified atom stereocenters. The fourth-order valence-corrected chi connectivity index (χ4v) is 4.31. The highest BCUT2D eigenvalue weighted by Gasteiger charge is 2.34. The van der Waals surface area contributed by atoms with Gasteiger partial charge in [0.05, 0.1) is 5.69 Å². The lowest BCUT2D eigenvalue weighted by molar-refractivity contribution is -0.124. The van der Waals surface area contributed by atoms with Crippen LogP contribution in [0.2, 0.25) is 0 Å². The standard InChI is InChI=1S/C25H37N5O2/c1-17(2)15-29-13-10-14-30-19(16-29)20(27-22(30)18-11-8-7-9-12-18)23(31)28-21(24(32)26-6)25(3,4)5/h7-9,11-12,17,21H,10,13-16H2,1-6H3,(H,26,32)(H,28,31)/t21-/m1/s1. The average molecular weight is 440 g/mol. The smallest absolute Gasteiger partial charge is 0.272 e. The van der Waals surface area contributed by atoms with E-state index < -0.39 is 11.5 Å². The molecule has 1 aliphatic rings. The maximum Gasteiger partial charge on any atom is 0.272 e. The molecule has 0 aliphatic carbocycles. The van der Waals surface area contributed by atoms with Crippen LogP contribution in [0.4, 0.5) is 0 Å². The second kappa shape index (κ2) is 9.86. The summed E-state index contributed by atoms with van der Waals surface area (Å²) in [5.74, 6) is 0.838. The molecule has 2 N–H and O–H groups in total. The number of fused-ring (bicyclic) bond motifs is 1. The Morgan fingerprint density at radius 1 is 1.12 bits per heavy atom. The Kier molecular flexibility index (Phi) is 7.39. The molecule has 32 heavy (non-hydrogen) atoms. The summed E-state index contributed by atoms with van der Waals surface area (Å²) < 4.78 is 2.19. The molecule has 7 heteroatoms. The molecule has 0 saturated heterocycles. The quantitative estimate of drug-likeness (QED) is 0.724. The van der Waals surface area contributed by atoms with Crippen molar-refractivity contribution in [2.75, 3.05) is 20.1 Å². The van der Waals surface area contributed by atoms with Gasteiger partial charge in [-0.2, -0.15) is 0 Å². The number of nitrogens with zero attached hydrogens (tertiary/aromatic N) is 3. The molecule has 2 amide bonds. The number of carbonyl (C=O) groups excluding carboxylic acids is 2. The van der Waals surface area contributed by atoms with Crippen LogP contribution in [0.3, 0.4) is 0 Å². The van der Waals surface area contributed by atoms with Gasteiger partial charge in [-0.3, -0.25) is 14.5 Å². The third kappa shape index (κ3) is 5.38. The Hall–Kier alpha value is -2.67. The topological polar surface area (TPSA) is 79.3 Å². The normalized spacial score (nSPS) is 15.7. The fraction of sp³-hybridized carbons (Fsp3) is 0.560. The maximum atomic E-state index is 13.5. The second-order valence-corrected chi connectivity index (χ2v) is 10.1. The number of aromatic nitrogens is 2. The lowest BCUT2D eigenvalue weighted by Gasteiger charge is -2.29. The van der Waals surface area contributed by atoms with Gasteiger partial charge in [0.15, 0.2) is 5.69 Å². The van der Waals surface area contributed by atoms with Crippen molar-refractivity contribution in [1.29, 1.82) is 0 Å². The summed E-state index contributed by atoms with van der Waals surface area (Å²) >= 11 is 0. The molecule has 2 heterocycles. The first-order valence-corrected chi connectivity index (χ1v) is 11.5. The Bertz CT molecular complexity index is 943. The summed E-state index contributed by atoms with van der Waals surface area (Å²) in [5.41, 5.74) is 1.89. The van der Waals surface area contributed by atoms with Crippen LogP contribution in [-0.2, 0) is 17.9 Å². The third-order valence-electron chi connectivity index (χ3n) is 5.82. The van der Waals surface area contributed by atoms with Gasteiger partial charge >= 0.3 is 0 Å². The van der Waals surface area contributed by atoms with Crippen LogP contribution in [0.1, 0.15) is 57.2 Å². The molecule has 0 radical (unpaired) electrons. The number of hydrogen-bond donors (Lipinski definition) is 2. The number of rotatable bonds is 6. The van der Waals surface area contributed by atoms with E-state index >= 15 is 0 Å². The zero-order valence-electron chi connectivity index (χ0n) is 20.2. The van der Waals surface area contributed by atoms with Crippen molar-refractivity contribution in [2.24, 2.45) is 11.3 Å². The summed E-state index contributed by atoms with van der Waals surface area (Å²) in [6.45, 7) is 13.7. The van der Waals surface area contributed by atoms with Crippen molar-refractivity contribution in [3.63, 3.8) is 0 Å². The van der Waals surface area contributed by atoms with Crippen molar-refractivity contribution in [3.05, 3.63) is 41.7 Å². The minimum Gasteiger partial charge on any atom is -0.357 e. The van der Waals surface area contributed by atoms with Crippen LogP contribution in [0.5, 0.6) is 0 Å². The van der Waals surface area contributed by atoms with Gasteiger partial charge in [-0.1, -0.05) is 65.0 Å². The van der Waals surface area contributed by atoms with E-state index in [0.717, 1.165) is 43.1 Å². The van der Waals surface area contributed by atoms with Gasteiger partial charge in [0.1, 0.15) is 11.9 Å². The van der Waals surface area contributed by atoms with Crippen LogP contribution in [0.15, 0.2) is 30.3 Å². The number of imidazole rings is 1. The van der Waals surface area contributed by atoms with Crippen LogP contribution >= 0.6 is 0 Å². The molecule has 0 bridgehead atoms. The Labute approximate surface area is 191 Å². The van der Waals surface area contributed by atoms with Crippen LogP contribution < -0.4 is 10.6 Å². The third-order valence-corrected chi connectivity index (χ3v) is 5.82. The summed E-state index contributed by atoms with van der Waals surface area (Å²) in [6.07, 6.45) is 1.000. The SMILES string of the molecule is CNC(=O)[C@@H](NC(=O)c1nc(-c2ccccc2)n2c1CN(CC(C)C)CCC2)C(C)(C)C. The van der Waals surface area contributed by atoms with E-state index in [1.54, 1.807) is 7.05 Å². The van der Waals surface area contributed by atoms with E-state index in [-0.39, 0.29) is 11.8 Å². The van der Waals surface area contributed by atoms with Gasteiger partial charge < -0.3 is 15.2 Å². The lowest BCUT2D eigenvalue weighted by Crippen LogP contribution is -2.53. The summed E-state index contributed by atoms with van der Waals surface area (Å²) in [5, 5.41) is 5.64. The van der Waals surface area contributed by atoms with Crippen LogP contribution in [0, 0.1) is 11.3 Å². The molecule has 3 rings (SSSR count). The van der Waals surface area contributed by atoms with E-state index in [9.17, 15) is 9.59 Å². The number of nitrogens with one attached hydrogen (secondary N) is 2. The van der Waals surface area contributed by atoms with Crippen molar-refractivity contribution in [2.45, 2.75) is 60.2 Å². The number of hydrogen-bond acceptors (Lipinski definition) is 4. The molecule has 0 fully saturated rings. The summed E-state index contributed by atoms with van der Waals surface area (Å²) in [4.78, 5) is 33.2. The van der Waals surface area contributed by atoms with Gasteiger partial charge in [-0.05, 0) is 17.8 Å². The number of carbonyl (C=O) groups is 2. The Morgan fingerprint density at radius 3 is 2.41 bits per heavy atom. The van der Waals surface area contributed by atoms with Gasteiger partial charge in [0.2, 0.25) is 5.91 Å². The highest BCUT2D eigenvalue weighted by atomic mass is 16.2. The van der Waals surface area contributed by atoms with E-state index in [1.165, 1.54) is 0 Å². The van der Waals surface area contributed by atoms with Crippen molar-refractivity contribution < 1.29 is 9.59 Å². The summed E-state index contributed by atoms with van der Waals surface area (Å²) in [7, 11) is 1.59. The first-order valence-electron chi connectivity index (χ1n) is 11.5. The zero-order chi connectivity index (χ0) is 23.5. The van der Waals surface area contributed by atoms with E-state index in [2.05, 4.69) is 33.9 Å². The summed E-state index contributed by atoms with van der Waals surface area (Å²) in [6, 6.07) is 9.34. The van der Waals surface area contributed by atoms with E-state index in [1.807, 2.05) is 51.1 Å².